The molecule has 3 aromatic carbocycles. The van der Waals surface area contributed by atoms with E-state index in [0.29, 0.717) is 6.04 Å². The number of likely N-dealkylation sites (tertiary alicyclic amines) is 1. The fraction of sp³-hybridized carbons (Fsp3) is 0.333. The Balaban J connectivity index is 1.50. The van der Waals surface area contributed by atoms with Crippen LogP contribution >= 0.6 is 0 Å². The quantitative estimate of drug-likeness (QED) is 0.448. The van der Waals surface area contributed by atoms with Crippen molar-refractivity contribution in [1.29, 1.82) is 0 Å². The van der Waals surface area contributed by atoms with E-state index in [1.807, 2.05) is 18.2 Å². The molecule has 1 aliphatic heterocycles. The highest BCUT2D eigenvalue weighted by Gasteiger charge is 2.20. The normalized spacial score (nSPS) is 16.7. The lowest BCUT2D eigenvalue weighted by Gasteiger charge is -2.20. The van der Waals surface area contributed by atoms with Crippen molar-refractivity contribution >= 4 is 0 Å². The fourth-order valence-corrected chi connectivity index (χ4v) is 4.31. The Morgan fingerprint density at radius 2 is 1.70 bits per heavy atom. The lowest BCUT2D eigenvalue weighted by Crippen LogP contribution is -2.26. The molecule has 1 atom stereocenters. The molecule has 1 aliphatic rings. The van der Waals surface area contributed by atoms with E-state index in [-0.39, 0.29) is 5.82 Å². The van der Waals surface area contributed by atoms with Crippen LogP contribution in [0.5, 0.6) is 5.75 Å². The van der Waals surface area contributed by atoms with E-state index >= 15 is 0 Å². The molecule has 1 heterocycles. The van der Waals surface area contributed by atoms with Crippen LogP contribution in [0.25, 0.3) is 11.1 Å². The zero-order valence-electron chi connectivity index (χ0n) is 17.7. The van der Waals surface area contributed by atoms with Crippen molar-refractivity contribution in [3.63, 3.8) is 0 Å². The lowest BCUT2D eigenvalue weighted by atomic mass is 9.98. The van der Waals surface area contributed by atoms with Gasteiger partial charge in [-0.15, -0.1) is 0 Å². The molecule has 0 N–H and O–H groups in total. The van der Waals surface area contributed by atoms with E-state index in [2.05, 4.69) is 54.4 Å². The highest BCUT2D eigenvalue weighted by molar-refractivity contribution is 5.65. The maximum atomic E-state index is 13.3. The molecular weight excluding hydrogens is 373 g/mol. The number of halogens is 1. The molecule has 3 heteroatoms. The van der Waals surface area contributed by atoms with Gasteiger partial charge >= 0.3 is 0 Å². The van der Waals surface area contributed by atoms with E-state index < -0.39 is 0 Å². The van der Waals surface area contributed by atoms with Gasteiger partial charge in [0.05, 0.1) is 6.61 Å². The van der Waals surface area contributed by atoms with Crippen LogP contribution in [0, 0.1) is 5.82 Å². The minimum Gasteiger partial charge on any atom is -0.493 e. The smallest absolute Gasteiger partial charge is 0.123 e. The van der Waals surface area contributed by atoms with Crippen LogP contribution in [0.3, 0.4) is 0 Å². The Bertz CT molecular complexity index is 939. The van der Waals surface area contributed by atoms with Crippen molar-refractivity contribution < 1.29 is 9.13 Å². The summed E-state index contributed by atoms with van der Waals surface area (Å²) in [7, 11) is 2.21. The van der Waals surface area contributed by atoms with Gasteiger partial charge in [0, 0.05) is 6.04 Å². The Kier molecular flexibility index (Phi) is 6.81. The summed E-state index contributed by atoms with van der Waals surface area (Å²) in [6.07, 6.45) is 5.50. The monoisotopic (exact) mass is 403 g/mol. The van der Waals surface area contributed by atoms with Gasteiger partial charge in [0.25, 0.3) is 0 Å². The molecule has 0 amide bonds. The molecule has 0 aliphatic carbocycles. The van der Waals surface area contributed by atoms with Crippen molar-refractivity contribution in [2.45, 2.75) is 38.1 Å². The van der Waals surface area contributed by atoms with Gasteiger partial charge in [-0.05, 0) is 92.2 Å². The van der Waals surface area contributed by atoms with Gasteiger partial charge in [0.2, 0.25) is 0 Å². The molecule has 1 unspecified atom stereocenters. The molecule has 30 heavy (non-hydrogen) atoms. The van der Waals surface area contributed by atoms with Gasteiger partial charge in [-0.25, -0.2) is 4.39 Å². The van der Waals surface area contributed by atoms with Gasteiger partial charge in [0.15, 0.2) is 0 Å². The van der Waals surface area contributed by atoms with Crippen LogP contribution in [-0.2, 0) is 12.8 Å². The summed E-state index contributed by atoms with van der Waals surface area (Å²) in [5, 5.41) is 0. The van der Waals surface area contributed by atoms with E-state index in [0.717, 1.165) is 42.7 Å². The van der Waals surface area contributed by atoms with Crippen LogP contribution in [0.4, 0.5) is 4.39 Å². The summed E-state index contributed by atoms with van der Waals surface area (Å²) >= 11 is 0. The number of benzene rings is 3. The molecular formula is C27H30FNO. The Morgan fingerprint density at radius 1 is 0.933 bits per heavy atom. The molecule has 4 rings (SSSR count). The third kappa shape index (κ3) is 5.28. The van der Waals surface area contributed by atoms with Gasteiger partial charge in [-0.3, -0.25) is 0 Å². The van der Waals surface area contributed by atoms with Crippen molar-refractivity contribution in [3.05, 3.63) is 89.7 Å². The molecule has 1 saturated heterocycles. The number of ether oxygens (including phenoxy) is 1. The van der Waals surface area contributed by atoms with Gasteiger partial charge in [-0.1, -0.05) is 48.5 Å². The molecule has 0 radical (unpaired) electrons. The van der Waals surface area contributed by atoms with Crippen LogP contribution < -0.4 is 4.74 Å². The highest BCUT2D eigenvalue weighted by atomic mass is 19.1. The second-order valence-electron chi connectivity index (χ2n) is 8.23. The second kappa shape index (κ2) is 9.90. The van der Waals surface area contributed by atoms with Crippen molar-refractivity contribution in [3.8, 4) is 16.9 Å². The lowest BCUT2D eigenvalue weighted by molar-refractivity contribution is 0.232. The van der Waals surface area contributed by atoms with Crippen molar-refractivity contribution in [2.24, 2.45) is 0 Å². The summed E-state index contributed by atoms with van der Waals surface area (Å²) in [4.78, 5) is 2.44. The predicted molar refractivity (Wildman–Crippen MR) is 121 cm³/mol. The number of rotatable bonds is 8. The zero-order chi connectivity index (χ0) is 20.8. The fourth-order valence-electron chi connectivity index (χ4n) is 4.31. The van der Waals surface area contributed by atoms with E-state index in [1.165, 1.54) is 42.6 Å². The molecule has 0 bridgehead atoms. The Hall–Kier alpha value is -2.65. The standard InChI is InChI=1S/C27H30FNO/c1-29-18-5-8-26(29)17-19-30-27-16-13-23(22-11-14-25(28)15-12-22)20-24(27)10-9-21-6-3-2-4-7-21/h2-4,6-7,11-16,20,26H,5,8-10,17-19H2,1H3. The van der Waals surface area contributed by atoms with Crippen molar-refractivity contribution in [2.75, 3.05) is 20.2 Å². The van der Waals surface area contributed by atoms with Crippen LogP contribution in [0.15, 0.2) is 72.8 Å². The summed E-state index contributed by atoms with van der Waals surface area (Å²) in [5.41, 5.74) is 4.65. The third-order valence-corrected chi connectivity index (χ3v) is 6.14. The molecule has 0 spiro atoms. The highest BCUT2D eigenvalue weighted by Crippen LogP contribution is 2.29. The van der Waals surface area contributed by atoms with E-state index in [1.54, 1.807) is 0 Å². The molecule has 0 aromatic heterocycles. The first kappa shape index (κ1) is 20.6. The predicted octanol–water partition coefficient (Wildman–Crippen LogP) is 6.14. The molecule has 1 fully saturated rings. The summed E-state index contributed by atoms with van der Waals surface area (Å²) in [6, 6.07) is 24.2. The molecule has 156 valence electrons. The van der Waals surface area contributed by atoms with Crippen molar-refractivity contribution in [1.82, 2.24) is 4.90 Å². The average molecular weight is 404 g/mol. The minimum absolute atomic E-state index is 0.208. The topological polar surface area (TPSA) is 12.5 Å². The van der Waals surface area contributed by atoms with Gasteiger partial charge in [0.1, 0.15) is 11.6 Å². The minimum atomic E-state index is -0.208. The SMILES string of the molecule is CN1CCCC1CCOc1ccc(-c2ccc(F)cc2)cc1CCc1ccccc1. The average Bonchev–Trinajstić information content (AvgIpc) is 3.19. The largest absolute Gasteiger partial charge is 0.493 e. The Labute approximate surface area is 179 Å². The summed E-state index contributed by atoms with van der Waals surface area (Å²) in [5.74, 6) is 0.761. The number of nitrogens with zero attached hydrogens (tertiary/aromatic N) is 1. The van der Waals surface area contributed by atoms with E-state index in [4.69, 9.17) is 4.74 Å². The van der Waals surface area contributed by atoms with Gasteiger partial charge < -0.3 is 9.64 Å². The first-order chi connectivity index (χ1) is 14.7. The molecule has 0 saturated carbocycles. The van der Waals surface area contributed by atoms with E-state index in [9.17, 15) is 4.39 Å². The van der Waals surface area contributed by atoms with Crippen LogP contribution in [0.2, 0.25) is 0 Å². The molecule has 2 nitrogen and oxygen atoms in total. The maximum Gasteiger partial charge on any atom is 0.123 e. The number of hydrogen-bond acceptors (Lipinski definition) is 2. The third-order valence-electron chi connectivity index (χ3n) is 6.14. The summed E-state index contributed by atoms with van der Waals surface area (Å²) in [6.45, 7) is 1.93. The first-order valence-corrected chi connectivity index (χ1v) is 10.9. The Morgan fingerprint density at radius 3 is 2.43 bits per heavy atom. The maximum absolute atomic E-state index is 13.3. The first-order valence-electron chi connectivity index (χ1n) is 10.9. The number of aryl methyl sites for hydroxylation is 2. The van der Waals surface area contributed by atoms with Gasteiger partial charge in [-0.2, -0.15) is 0 Å². The second-order valence-corrected chi connectivity index (χ2v) is 8.23. The van der Waals surface area contributed by atoms with Crippen LogP contribution in [-0.4, -0.2) is 31.1 Å². The van der Waals surface area contributed by atoms with Crippen LogP contribution in [0.1, 0.15) is 30.4 Å². The number of hydrogen-bond donors (Lipinski definition) is 0. The summed E-state index contributed by atoms with van der Waals surface area (Å²) < 4.78 is 19.6. The molecule has 3 aromatic rings. The zero-order valence-corrected chi connectivity index (χ0v) is 17.7.